The van der Waals surface area contributed by atoms with Gasteiger partial charge in [0, 0.05) is 6.04 Å². The van der Waals surface area contributed by atoms with Crippen LogP contribution in [-0.4, -0.2) is 30.7 Å². The first-order chi connectivity index (χ1) is 14.4. The van der Waals surface area contributed by atoms with Gasteiger partial charge in [0.25, 0.3) is 0 Å². The van der Waals surface area contributed by atoms with E-state index in [4.69, 9.17) is 5.73 Å². The van der Waals surface area contributed by atoms with Crippen molar-refractivity contribution in [1.29, 1.82) is 0 Å². The van der Waals surface area contributed by atoms with Crippen LogP contribution in [0.1, 0.15) is 84.0 Å². The van der Waals surface area contributed by atoms with E-state index in [9.17, 15) is 0 Å². The molecule has 0 aromatic heterocycles. The Hall–Kier alpha value is -0.320. The molecule has 0 amide bonds. The maximum absolute atomic E-state index is 15.2. The summed E-state index contributed by atoms with van der Waals surface area (Å²) in [5.41, 5.74) is 5.96. The van der Waals surface area contributed by atoms with Crippen LogP contribution >= 0.6 is 0 Å². The average molecular weight is 432 g/mol. The molecule has 8 unspecified atom stereocenters. The van der Waals surface area contributed by atoms with Crippen LogP contribution in [0.25, 0.3) is 0 Å². The van der Waals surface area contributed by atoms with Crippen molar-refractivity contribution in [2.75, 3.05) is 0 Å². The molecule has 4 aliphatic carbocycles. The summed E-state index contributed by atoms with van der Waals surface area (Å²) in [6.07, 6.45) is 3.59. The highest BCUT2D eigenvalue weighted by molar-refractivity contribution is 5.00. The van der Waals surface area contributed by atoms with Gasteiger partial charge in [-0.25, -0.2) is 17.6 Å². The third kappa shape index (κ3) is 4.57. The number of nitrogens with two attached hydrogens (primary N) is 1. The second-order valence-electron chi connectivity index (χ2n) is 11.3. The zero-order chi connectivity index (χ0) is 21.4. The van der Waals surface area contributed by atoms with Gasteiger partial charge in [-0.2, -0.15) is 0 Å². The number of hydrogen-bond acceptors (Lipinski definition) is 1. The van der Waals surface area contributed by atoms with Crippen molar-refractivity contribution in [3.63, 3.8) is 0 Å². The van der Waals surface area contributed by atoms with Gasteiger partial charge in [-0.1, -0.05) is 19.8 Å². The topological polar surface area (TPSA) is 26.0 Å². The number of halogens is 4. The molecule has 174 valence electrons. The molecular formula is C25H41F4N. The van der Waals surface area contributed by atoms with Gasteiger partial charge in [0.05, 0.1) is 0 Å². The quantitative estimate of drug-likeness (QED) is 0.492. The van der Waals surface area contributed by atoms with Gasteiger partial charge in [0.2, 0.25) is 0 Å². The van der Waals surface area contributed by atoms with E-state index in [1.54, 1.807) is 0 Å². The van der Waals surface area contributed by atoms with Crippen LogP contribution in [-0.2, 0) is 0 Å². The fraction of sp³-hybridized carbons (Fsp3) is 1.00. The highest BCUT2D eigenvalue weighted by atomic mass is 19.2. The zero-order valence-electron chi connectivity index (χ0n) is 18.5. The Balaban J connectivity index is 1.35. The maximum Gasteiger partial charge on any atom is 0.135 e. The van der Waals surface area contributed by atoms with Crippen LogP contribution < -0.4 is 5.73 Å². The molecule has 1 nitrogen and oxygen atoms in total. The van der Waals surface area contributed by atoms with E-state index in [2.05, 4.69) is 6.92 Å². The van der Waals surface area contributed by atoms with E-state index in [-0.39, 0.29) is 29.7 Å². The summed E-state index contributed by atoms with van der Waals surface area (Å²) < 4.78 is 60.7. The molecule has 0 aromatic rings. The van der Waals surface area contributed by atoms with Crippen molar-refractivity contribution in [2.24, 2.45) is 47.2 Å². The Morgan fingerprint density at radius 3 is 1.23 bits per heavy atom. The third-order valence-corrected chi connectivity index (χ3v) is 9.55. The van der Waals surface area contributed by atoms with E-state index in [1.165, 1.54) is 0 Å². The normalized spacial score (nSPS) is 53.4. The van der Waals surface area contributed by atoms with Crippen LogP contribution in [0.5, 0.6) is 0 Å². The van der Waals surface area contributed by atoms with Gasteiger partial charge in [-0.05, 0) is 106 Å². The van der Waals surface area contributed by atoms with E-state index >= 15 is 17.6 Å². The Kier molecular flexibility index (Phi) is 7.37. The summed E-state index contributed by atoms with van der Waals surface area (Å²) in [4.78, 5) is 0. The Morgan fingerprint density at radius 1 is 0.467 bits per heavy atom. The predicted octanol–water partition coefficient (Wildman–Crippen LogP) is 6.74. The summed E-state index contributed by atoms with van der Waals surface area (Å²) in [5.74, 6) is -0.692. The smallest absolute Gasteiger partial charge is 0.135 e. The molecule has 0 aliphatic heterocycles. The molecule has 0 radical (unpaired) electrons. The van der Waals surface area contributed by atoms with Crippen LogP contribution in [0.2, 0.25) is 0 Å². The van der Waals surface area contributed by atoms with Crippen molar-refractivity contribution in [1.82, 2.24) is 0 Å². The van der Waals surface area contributed by atoms with Crippen LogP contribution in [0, 0.1) is 41.4 Å². The van der Waals surface area contributed by atoms with Crippen LogP contribution in [0.4, 0.5) is 17.6 Å². The molecule has 0 saturated heterocycles. The lowest BCUT2D eigenvalue weighted by atomic mass is 9.61. The molecule has 0 spiro atoms. The minimum Gasteiger partial charge on any atom is -0.328 e. The van der Waals surface area contributed by atoms with Crippen LogP contribution in [0.3, 0.4) is 0 Å². The lowest BCUT2D eigenvalue weighted by molar-refractivity contribution is -0.0811. The Labute approximate surface area is 179 Å². The van der Waals surface area contributed by atoms with E-state index in [0.717, 1.165) is 51.4 Å². The average Bonchev–Trinajstić information content (AvgIpc) is 2.74. The Bertz CT molecular complexity index is 495. The van der Waals surface area contributed by atoms with Gasteiger partial charge in [-0.15, -0.1) is 0 Å². The summed E-state index contributed by atoms with van der Waals surface area (Å²) in [5, 5.41) is 0. The highest BCUT2D eigenvalue weighted by Crippen LogP contribution is 2.50. The van der Waals surface area contributed by atoms with Gasteiger partial charge in [0.1, 0.15) is 24.7 Å². The second kappa shape index (κ2) is 9.67. The van der Waals surface area contributed by atoms with Crippen molar-refractivity contribution >= 4 is 0 Å². The SMILES string of the molecule is CC1CCC(C2CCC(C3CCC(C4CCC(N)CC4)C(F)C3F)C(F)C2F)CC1. The van der Waals surface area contributed by atoms with Gasteiger partial charge < -0.3 is 5.73 Å². The first kappa shape index (κ1) is 22.9. The van der Waals surface area contributed by atoms with Crippen molar-refractivity contribution < 1.29 is 17.6 Å². The minimum absolute atomic E-state index is 0.188. The molecule has 0 aromatic carbocycles. The summed E-state index contributed by atoms with van der Waals surface area (Å²) in [7, 11) is 0. The monoisotopic (exact) mass is 431 g/mol. The molecule has 4 rings (SSSR count). The number of rotatable bonds is 3. The number of hydrogen-bond donors (Lipinski definition) is 1. The van der Waals surface area contributed by atoms with Gasteiger partial charge >= 0.3 is 0 Å². The largest absolute Gasteiger partial charge is 0.328 e. The van der Waals surface area contributed by atoms with E-state index < -0.39 is 36.5 Å². The number of alkyl halides is 4. The molecule has 4 aliphatic rings. The fourth-order valence-electron chi connectivity index (χ4n) is 7.53. The van der Waals surface area contributed by atoms with Crippen molar-refractivity contribution in [3.05, 3.63) is 0 Å². The molecule has 0 heterocycles. The molecular weight excluding hydrogens is 390 g/mol. The van der Waals surface area contributed by atoms with Gasteiger partial charge in [-0.3, -0.25) is 0 Å². The maximum atomic E-state index is 15.2. The van der Waals surface area contributed by atoms with E-state index in [1.807, 2.05) is 0 Å². The Morgan fingerprint density at radius 2 is 0.800 bits per heavy atom. The first-order valence-corrected chi connectivity index (χ1v) is 12.7. The molecule has 8 atom stereocenters. The van der Waals surface area contributed by atoms with E-state index in [0.29, 0.717) is 31.6 Å². The molecule has 2 N–H and O–H groups in total. The minimum atomic E-state index is -1.65. The summed E-state index contributed by atoms with van der Waals surface area (Å²) in [6, 6.07) is 0.188. The second-order valence-corrected chi connectivity index (χ2v) is 11.3. The molecule has 4 saturated carbocycles. The molecule has 4 fully saturated rings. The molecule has 30 heavy (non-hydrogen) atoms. The highest BCUT2D eigenvalue weighted by Gasteiger charge is 2.52. The predicted molar refractivity (Wildman–Crippen MR) is 113 cm³/mol. The summed E-state index contributed by atoms with van der Waals surface area (Å²) in [6.45, 7) is 2.23. The fourth-order valence-corrected chi connectivity index (χ4v) is 7.53. The zero-order valence-corrected chi connectivity index (χ0v) is 18.5. The standard InChI is InChI=1S/C25H41F4N/c1-14-2-4-15(5-3-14)18-10-12-20(24(28)22(18)26)21-13-11-19(23(27)25(21)29)16-6-8-17(30)9-7-16/h14-25H,2-13,30H2,1H3. The third-order valence-electron chi connectivity index (χ3n) is 9.55. The first-order valence-electron chi connectivity index (χ1n) is 12.7. The lowest BCUT2D eigenvalue weighted by Gasteiger charge is -2.47. The van der Waals surface area contributed by atoms with Crippen molar-refractivity contribution in [2.45, 2.75) is 115 Å². The lowest BCUT2D eigenvalue weighted by Crippen LogP contribution is -2.50. The van der Waals surface area contributed by atoms with Crippen LogP contribution in [0.15, 0.2) is 0 Å². The molecule has 0 bridgehead atoms. The molecule has 5 heteroatoms. The van der Waals surface area contributed by atoms with Gasteiger partial charge in [0.15, 0.2) is 0 Å². The van der Waals surface area contributed by atoms with Crippen molar-refractivity contribution in [3.8, 4) is 0 Å². The summed E-state index contributed by atoms with van der Waals surface area (Å²) >= 11 is 0.